The molecule has 0 unspecified atom stereocenters. The summed E-state index contributed by atoms with van der Waals surface area (Å²) < 4.78 is 10.2. The van der Waals surface area contributed by atoms with Gasteiger partial charge in [0, 0.05) is 12.2 Å². The number of rotatable bonds is 5. The van der Waals surface area contributed by atoms with E-state index >= 15 is 0 Å². The molecule has 1 aliphatic rings. The lowest BCUT2D eigenvalue weighted by atomic mass is 9.80. The smallest absolute Gasteiger partial charge is 0.331 e. The van der Waals surface area contributed by atoms with Gasteiger partial charge in [0.1, 0.15) is 6.10 Å². The van der Waals surface area contributed by atoms with Crippen molar-refractivity contribution in [1.29, 1.82) is 0 Å². The average Bonchev–Trinajstić information content (AvgIpc) is 2.36. The van der Waals surface area contributed by atoms with Crippen molar-refractivity contribution >= 4 is 11.9 Å². The summed E-state index contributed by atoms with van der Waals surface area (Å²) in [5.41, 5.74) is 0. The van der Waals surface area contributed by atoms with E-state index in [4.69, 9.17) is 9.47 Å². The van der Waals surface area contributed by atoms with Crippen molar-refractivity contribution in [2.75, 3.05) is 0 Å². The average molecular weight is 282 g/mol. The van der Waals surface area contributed by atoms with Gasteiger partial charge in [0.05, 0.1) is 6.10 Å². The fourth-order valence-electron chi connectivity index (χ4n) is 2.48. The first kappa shape index (κ1) is 16.7. The summed E-state index contributed by atoms with van der Waals surface area (Å²) in [4.78, 5) is 22.9. The second kappa shape index (κ2) is 8.08. The van der Waals surface area contributed by atoms with Gasteiger partial charge in [-0.05, 0) is 51.4 Å². The Bertz CT molecular complexity index is 349. The normalized spacial score (nSPS) is 23.3. The molecule has 1 fully saturated rings. The van der Waals surface area contributed by atoms with Gasteiger partial charge in [0.25, 0.3) is 0 Å². The molecule has 0 N–H and O–H groups in total. The summed E-state index contributed by atoms with van der Waals surface area (Å²) in [6.07, 6.45) is 6.13. The standard InChI is InChI=1S/C16H26O4/c1-11(2)13-5-7-14(8-6-13)20-16(18)10-9-15(17)19-12(3)4/h9-14H,5-8H2,1-4H3/b10-9+. The molecule has 0 heterocycles. The van der Waals surface area contributed by atoms with E-state index in [-0.39, 0.29) is 12.2 Å². The Morgan fingerprint density at radius 3 is 2.00 bits per heavy atom. The molecule has 1 aliphatic carbocycles. The third-order valence-corrected chi connectivity index (χ3v) is 3.65. The minimum absolute atomic E-state index is 0.0109. The van der Waals surface area contributed by atoms with Crippen LogP contribution in [0, 0.1) is 11.8 Å². The molecule has 0 saturated heterocycles. The van der Waals surface area contributed by atoms with Crippen LogP contribution in [0.4, 0.5) is 0 Å². The predicted molar refractivity (Wildman–Crippen MR) is 77.0 cm³/mol. The number of carbonyl (C=O) groups is 2. The molecule has 4 nitrogen and oxygen atoms in total. The molecular weight excluding hydrogens is 256 g/mol. The second-order valence-corrected chi connectivity index (χ2v) is 6.04. The summed E-state index contributed by atoms with van der Waals surface area (Å²) in [5, 5.41) is 0. The lowest BCUT2D eigenvalue weighted by molar-refractivity contribution is -0.146. The fraction of sp³-hybridized carbons (Fsp3) is 0.750. The second-order valence-electron chi connectivity index (χ2n) is 6.04. The minimum Gasteiger partial charge on any atom is -0.460 e. The first-order valence-electron chi connectivity index (χ1n) is 7.47. The molecule has 0 aliphatic heterocycles. The van der Waals surface area contributed by atoms with Crippen molar-refractivity contribution in [1.82, 2.24) is 0 Å². The summed E-state index contributed by atoms with van der Waals surface area (Å²) in [5.74, 6) is 0.457. The minimum atomic E-state index is -0.513. The molecule has 1 saturated carbocycles. The maximum absolute atomic E-state index is 11.6. The van der Waals surface area contributed by atoms with Crippen LogP contribution < -0.4 is 0 Å². The van der Waals surface area contributed by atoms with Crippen LogP contribution in [-0.2, 0) is 19.1 Å². The van der Waals surface area contributed by atoms with E-state index in [0.29, 0.717) is 5.92 Å². The molecule has 0 bridgehead atoms. The predicted octanol–water partition coefficient (Wildman–Crippen LogP) is 3.25. The molecule has 1 rings (SSSR count). The summed E-state index contributed by atoms with van der Waals surface area (Å²) in [6.45, 7) is 7.99. The van der Waals surface area contributed by atoms with Gasteiger partial charge in [-0.3, -0.25) is 0 Å². The first-order valence-corrected chi connectivity index (χ1v) is 7.47. The molecule has 0 spiro atoms. The largest absolute Gasteiger partial charge is 0.460 e. The molecule has 114 valence electrons. The third-order valence-electron chi connectivity index (χ3n) is 3.65. The number of hydrogen-bond acceptors (Lipinski definition) is 4. The van der Waals surface area contributed by atoms with E-state index in [2.05, 4.69) is 13.8 Å². The third kappa shape index (κ3) is 6.22. The van der Waals surface area contributed by atoms with Crippen molar-refractivity contribution in [3.63, 3.8) is 0 Å². The zero-order valence-corrected chi connectivity index (χ0v) is 12.9. The summed E-state index contributed by atoms with van der Waals surface area (Å²) in [7, 11) is 0. The van der Waals surface area contributed by atoms with Crippen molar-refractivity contribution in [3.05, 3.63) is 12.2 Å². The topological polar surface area (TPSA) is 52.6 Å². The van der Waals surface area contributed by atoms with E-state index in [1.807, 2.05) is 0 Å². The fourth-order valence-corrected chi connectivity index (χ4v) is 2.48. The summed E-state index contributed by atoms with van der Waals surface area (Å²) in [6, 6.07) is 0. The SMILES string of the molecule is CC(C)OC(=O)/C=C/C(=O)OC1CCC(C(C)C)CC1. The Labute approximate surface area is 121 Å². The van der Waals surface area contributed by atoms with Crippen LogP contribution in [0.3, 0.4) is 0 Å². The van der Waals surface area contributed by atoms with Crippen LogP contribution >= 0.6 is 0 Å². The lowest BCUT2D eigenvalue weighted by Gasteiger charge is -2.30. The van der Waals surface area contributed by atoms with Crippen molar-refractivity contribution in [3.8, 4) is 0 Å². The highest BCUT2D eigenvalue weighted by Gasteiger charge is 2.25. The van der Waals surface area contributed by atoms with E-state index in [1.165, 1.54) is 0 Å². The van der Waals surface area contributed by atoms with Gasteiger partial charge in [-0.2, -0.15) is 0 Å². The van der Waals surface area contributed by atoms with Crippen LogP contribution in [-0.4, -0.2) is 24.1 Å². The maximum Gasteiger partial charge on any atom is 0.331 e. The van der Waals surface area contributed by atoms with Gasteiger partial charge in [-0.25, -0.2) is 9.59 Å². The molecule has 0 radical (unpaired) electrons. The van der Waals surface area contributed by atoms with E-state index in [0.717, 1.165) is 43.8 Å². The van der Waals surface area contributed by atoms with E-state index in [9.17, 15) is 9.59 Å². The maximum atomic E-state index is 11.6. The van der Waals surface area contributed by atoms with Crippen LogP contribution in [0.15, 0.2) is 12.2 Å². The van der Waals surface area contributed by atoms with Gasteiger partial charge in [0.2, 0.25) is 0 Å². The molecular formula is C16H26O4. The monoisotopic (exact) mass is 282 g/mol. The van der Waals surface area contributed by atoms with Crippen molar-refractivity contribution in [2.45, 2.75) is 65.6 Å². The Morgan fingerprint density at radius 2 is 1.50 bits per heavy atom. The zero-order chi connectivity index (χ0) is 15.1. The molecule has 0 aromatic rings. The summed E-state index contributed by atoms with van der Waals surface area (Å²) >= 11 is 0. The first-order chi connectivity index (χ1) is 9.38. The lowest BCUT2D eigenvalue weighted by Crippen LogP contribution is -2.25. The van der Waals surface area contributed by atoms with Gasteiger partial charge in [-0.1, -0.05) is 13.8 Å². The van der Waals surface area contributed by atoms with Crippen LogP contribution in [0.25, 0.3) is 0 Å². The molecule has 0 amide bonds. The molecule has 20 heavy (non-hydrogen) atoms. The highest BCUT2D eigenvalue weighted by Crippen LogP contribution is 2.31. The van der Waals surface area contributed by atoms with Gasteiger partial charge >= 0.3 is 11.9 Å². The van der Waals surface area contributed by atoms with Crippen LogP contribution in [0.2, 0.25) is 0 Å². The molecule has 0 aromatic heterocycles. The highest BCUT2D eigenvalue weighted by atomic mass is 16.5. The zero-order valence-electron chi connectivity index (χ0n) is 12.9. The number of carbonyl (C=O) groups excluding carboxylic acids is 2. The van der Waals surface area contributed by atoms with Gasteiger partial charge in [0.15, 0.2) is 0 Å². The Morgan fingerprint density at radius 1 is 0.950 bits per heavy atom. The Hall–Kier alpha value is -1.32. The number of hydrogen-bond donors (Lipinski definition) is 0. The van der Waals surface area contributed by atoms with E-state index in [1.54, 1.807) is 13.8 Å². The molecule has 4 heteroatoms. The number of ether oxygens (including phenoxy) is 2. The van der Waals surface area contributed by atoms with Gasteiger partial charge < -0.3 is 9.47 Å². The van der Waals surface area contributed by atoms with Crippen LogP contribution in [0.1, 0.15) is 53.4 Å². The quantitative estimate of drug-likeness (QED) is 0.573. The van der Waals surface area contributed by atoms with Crippen molar-refractivity contribution in [2.24, 2.45) is 11.8 Å². The highest BCUT2D eigenvalue weighted by molar-refractivity contribution is 5.91. The van der Waals surface area contributed by atoms with E-state index < -0.39 is 11.9 Å². The Balaban J connectivity index is 2.30. The Kier molecular flexibility index (Phi) is 6.76. The van der Waals surface area contributed by atoms with Crippen molar-refractivity contribution < 1.29 is 19.1 Å². The van der Waals surface area contributed by atoms with Gasteiger partial charge in [-0.15, -0.1) is 0 Å². The molecule has 0 aromatic carbocycles. The molecule has 0 atom stereocenters. The van der Waals surface area contributed by atoms with Crippen LogP contribution in [0.5, 0.6) is 0 Å². The number of esters is 2.